The van der Waals surface area contributed by atoms with Crippen LogP contribution < -0.4 is 9.80 Å². The van der Waals surface area contributed by atoms with E-state index < -0.39 is 0 Å². The fourth-order valence-electron chi connectivity index (χ4n) is 4.37. The number of hydrogen-bond donors (Lipinski definition) is 0. The van der Waals surface area contributed by atoms with Crippen LogP contribution in [-0.2, 0) is 9.53 Å². The highest BCUT2D eigenvalue weighted by molar-refractivity contribution is 5.79. The van der Waals surface area contributed by atoms with Crippen LogP contribution in [0.4, 0.5) is 11.8 Å². The van der Waals surface area contributed by atoms with Crippen molar-refractivity contribution in [1.29, 1.82) is 0 Å². The maximum atomic E-state index is 12.8. The van der Waals surface area contributed by atoms with Gasteiger partial charge in [0.2, 0.25) is 11.9 Å². The van der Waals surface area contributed by atoms with Crippen molar-refractivity contribution >= 4 is 17.7 Å². The number of carbonyl (C=O) groups excluding carboxylic acids is 1. The van der Waals surface area contributed by atoms with Gasteiger partial charge in [0.1, 0.15) is 5.82 Å². The summed E-state index contributed by atoms with van der Waals surface area (Å²) in [6.07, 6.45) is 5.86. The number of aryl methyl sites for hydroxylation is 1. The average Bonchev–Trinajstić information content (AvgIpc) is 2.74. The molecule has 7 heteroatoms. The largest absolute Gasteiger partial charge is 0.378 e. The lowest BCUT2D eigenvalue weighted by Crippen LogP contribution is -2.51. The van der Waals surface area contributed by atoms with Gasteiger partial charge in [-0.1, -0.05) is 19.3 Å². The maximum absolute atomic E-state index is 12.8. The minimum Gasteiger partial charge on any atom is -0.378 e. The first-order valence-electron chi connectivity index (χ1n) is 10.4. The molecule has 1 amide bonds. The molecule has 7 nitrogen and oxygen atoms in total. The molecule has 0 atom stereocenters. The van der Waals surface area contributed by atoms with E-state index in [1.54, 1.807) is 0 Å². The van der Waals surface area contributed by atoms with Crippen LogP contribution in [0.25, 0.3) is 0 Å². The van der Waals surface area contributed by atoms with Gasteiger partial charge in [0.05, 0.1) is 13.2 Å². The quantitative estimate of drug-likeness (QED) is 0.806. The number of aromatic nitrogens is 2. The molecule has 4 rings (SSSR count). The van der Waals surface area contributed by atoms with E-state index >= 15 is 0 Å². The SMILES string of the molecule is Cc1cc(N2CCN(C(=O)C3CCCCC3)CC2)nc(N2CCOCC2)n1. The molecule has 1 aliphatic carbocycles. The Kier molecular flexibility index (Phi) is 5.76. The van der Waals surface area contributed by atoms with Gasteiger partial charge in [-0.25, -0.2) is 4.98 Å². The van der Waals surface area contributed by atoms with E-state index in [9.17, 15) is 4.79 Å². The lowest BCUT2D eigenvalue weighted by atomic mass is 9.88. The van der Waals surface area contributed by atoms with Gasteiger partial charge in [-0.05, 0) is 19.8 Å². The van der Waals surface area contributed by atoms with E-state index in [1.165, 1.54) is 19.3 Å². The summed E-state index contributed by atoms with van der Waals surface area (Å²) in [4.78, 5) is 28.8. The van der Waals surface area contributed by atoms with Crippen LogP contribution in [0.1, 0.15) is 37.8 Å². The predicted octanol–water partition coefficient (Wildman–Crippen LogP) is 1.85. The molecule has 27 heavy (non-hydrogen) atoms. The normalized spacial score (nSPS) is 22.2. The van der Waals surface area contributed by atoms with Crippen LogP contribution in [0.3, 0.4) is 0 Å². The van der Waals surface area contributed by atoms with Crippen molar-refractivity contribution in [3.8, 4) is 0 Å². The van der Waals surface area contributed by atoms with E-state index in [-0.39, 0.29) is 5.92 Å². The summed E-state index contributed by atoms with van der Waals surface area (Å²) in [7, 11) is 0. The summed E-state index contributed by atoms with van der Waals surface area (Å²) < 4.78 is 5.44. The molecule has 3 fully saturated rings. The highest BCUT2D eigenvalue weighted by Gasteiger charge is 2.29. The van der Waals surface area contributed by atoms with Crippen LogP contribution in [0.2, 0.25) is 0 Å². The third-order valence-corrected chi connectivity index (χ3v) is 5.99. The minimum absolute atomic E-state index is 0.263. The number of morpholine rings is 1. The Bertz CT molecular complexity index is 648. The highest BCUT2D eigenvalue weighted by Crippen LogP contribution is 2.26. The van der Waals surface area contributed by atoms with Crippen LogP contribution in [0.5, 0.6) is 0 Å². The molecule has 1 saturated carbocycles. The van der Waals surface area contributed by atoms with E-state index in [0.717, 1.165) is 82.8 Å². The molecular formula is C20H31N5O2. The third kappa shape index (κ3) is 4.34. The molecule has 0 aromatic carbocycles. The smallest absolute Gasteiger partial charge is 0.227 e. The summed E-state index contributed by atoms with van der Waals surface area (Å²) >= 11 is 0. The van der Waals surface area contributed by atoms with E-state index in [0.29, 0.717) is 5.91 Å². The zero-order chi connectivity index (χ0) is 18.6. The van der Waals surface area contributed by atoms with Gasteiger partial charge in [-0.2, -0.15) is 4.98 Å². The highest BCUT2D eigenvalue weighted by atomic mass is 16.5. The number of nitrogens with zero attached hydrogens (tertiary/aromatic N) is 5. The average molecular weight is 374 g/mol. The van der Waals surface area contributed by atoms with Crippen molar-refractivity contribution in [3.05, 3.63) is 11.8 Å². The predicted molar refractivity (Wildman–Crippen MR) is 105 cm³/mol. The Hall–Kier alpha value is -1.89. The number of anilines is 2. The Morgan fingerprint density at radius 1 is 0.963 bits per heavy atom. The third-order valence-electron chi connectivity index (χ3n) is 5.99. The number of amides is 1. The number of rotatable bonds is 3. The summed E-state index contributed by atoms with van der Waals surface area (Å²) in [5.41, 5.74) is 0.988. The Labute approximate surface area is 161 Å². The van der Waals surface area contributed by atoms with Crippen molar-refractivity contribution in [2.45, 2.75) is 39.0 Å². The summed E-state index contributed by atoms with van der Waals surface area (Å²) in [6.45, 7) is 8.45. The molecule has 0 spiro atoms. The first-order valence-corrected chi connectivity index (χ1v) is 10.4. The Balaban J connectivity index is 1.39. The summed E-state index contributed by atoms with van der Waals surface area (Å²) in [6, 6.07) is 2.06. The van der Waals surface area contributed by atoms with Crippen molar-refractivity contribution in [1.82, 2.24) is 14.9 Å². The summed E-state index contributed by atoms with van der Waals surface area (Å²) in [5.74, 6) is 2.42. The zero-order valence-corrected chi connectivity index (χ0v) is 16.4. The van der Waals surface area contributed by atoms with Gasteiger partial charge in [-0.15, -0.1) is 0 Å². The van der Waals surface area contributed by atoms with Gasteiger partial charge in [0, 0.05) is 56.9 Å². The van der Waals surface area contributed by atoms with Crippen LogP contribution >= 0.6 is 0 Å². The number of ether oxygens (including phenoxy) is 1. The first-order chi connectivity index (χ1) is 13.2. The van der Waals surface area contributed by atoms with Gasteiger partial charge in [0.25, 0.3) is 0 Å². The second kappa shape index (κ2) is 8.42. The van der Waals surface area contributed by atoms with Crippen molar-refractivity contribution in [2.24, 2.45) is 5.92 Å². The van der Waals surface area contributed by atoms with Gasteiger partial charge in [0.15, 0.2) is 0 Å². The van der Waals surface area contributed by atoms with E-state index in [2.05, 4.69) is 25.8 Å². The number of piperazine rings is 1. The molecule has 0 radical (unpaired) electrons. The van der Waals surface area contributed by atoms with Crippen LogP contribution in [0, 0.1) is 12.8 Å². The molecule has 2 aliphatic heterocycles. The number of carbonyl (C=O) groups is 1. The molecule has 0 N–H and O–H groups in total. The lowest BCUT2D eigenvalue weighted by molar-refractivity contribution is -0.136. The number of hydrogen-bond acceptors (Lipinski definition) is 6. The van der Waals surface area contributed by atoms with Gasteiger partial charge < -0.3 is 19.4 Å². The maximum Gasteiger partial charge on any atom is 0.227 e. The molecule has 1 aromatic heterocycles. The van der Waals surface area contributed by atoms with Crippen molar-refractivity contribution in [2.75, 3.05) is 62.3 Å². The zero-order valence-electron chi connectivity index (χ0n) is 16.4. The Morgan fingerprint density at radius 3 is 2.37 bits per heavy atom. The fourth-order valence-corrected chi connectivity index (χ4v) is 4.37. The molecular weight excluding hydrogens is 342 g/mol. The molecule has 1 aromatic rings. The second-order valence-corrected chi connectivity index (χ2v) is 7.91. The van der Waals surface area contributed by atoms with Gasteiger partial charge >= 0.3 is 0 Å². The molecule has 3 heterocycles. The standard InChI is InChI=1S/C20H31N5O2/c1-16-15-18(22-20(21-16)25-11-13-27-14-12-25)23-7-9-24(10-8-23)19(26)17-5-3-2-4-6-17/h15,17H,2-14H2,1H3. The Morgan fingerprint density at radius 2 is 1.67 bits per heavy atom. The molecule has 0 unspecified atom stereocenters. The fraction of sp³-hybridized carbons (Fsp3) is 0.750. The molecule has 3 aliphatic rings. The van der Waals surface area contributed by atoms with Crippen molar-refractivity contribution < 1.29 is 9.53 Å². The molecule has 2 saturated heterocycles. The summed E-state index contributed by atoms with van der Waals surface area (Å²) in [5, 5.41) is 0. The van der Waals surface area contributed by atoms with Crippen molar-refractivity contribution in [3.63, 3.8) is 0 Å². The first kappa shape index (κ1) is 18.5. The molecule has 148 valence electrons. The lowest BCUT2D eigenvalue weighted by Gasteiger charge is -2.38. The molecule has 0 bridgehead atoms. The monoisotopic (exact) mass is 373 g/mol. The van der Waals surface area contributed by atoms with Gasteiger partial charge in [-0.3, -0.25) is 4.79 Å². The van der Waals surface area contributed by atoms with Crippen LogP contribution in [0.15, 0.2) is 6.07 Å². The van der Waals surface area contributed by atoms with E-state index in [1.807, 2.05) is 6.92 Å². The second-order valence-electron chi connectivity index (χ2n) is 7.91. The van der Waals surface area contributed by atoms with Crippen LogP contribution in [-0.4, -0.2) is 73.3 Å². The topological polar surface area (TPSA) is 61.8 Å². The van der Waals surface area contributed by atoms with E-state index in [4.69, 9.17) is 9.72 Å². The minimum atomic E-state index is 0.263.